The van der Waals surface area contributed by atoms with Crippen molar-refractivity contribution in [3.8, 4) is 5.75 Å². The highest BCUT2D eigenvalue weighted by molar-refractivity contribution is 5.94. The lowest BCUT2D eigenvalue weighted by Gasteiger charge is -2.05. The van der Waals surface area contributed by atoms with Gasteiger partial charge in [0.05, 0.1) is 0 Å². The monoisotopic (exact) mass is 237 g/mol. The predicted octanol–water partition coefficient (Wildman–Crippen LogP) is 0.649. The van der Waals surface area contributed by atoms with Crippen molar-refractivity contribution in [2.75, 3.05) is 6.54 Å². The molecule has 1 amide bonds. The van der Waals surface area contributed by atoms with E-state index in [9.17, 15) is 9.90 Å². The van der Waals surface area contributed by atoms with Gasteiger partial charge in [0.2, 0.25) is 0 Å². The summed E-state index contributed by atoms with van der Waals surface area (Å²) in [4.78, 5) is 11.6. The lowest BCUT2D eigenvalue weighted by atomic mass is 10.2. The number of hydrogen-bond acceptors (Lipinski definition) is 4. The zero-order valence-corrected chi connectivity index (χ0v) is 9.26. The molecule has 0 saturated carbocycles. The van der Waals surface area contributed by atoms with Crippen molar-refractivity contribution in [3.05, 3.63) is 29.8 Å². The fourth-order valence-corrected chi connectivity index (χ4v) is 1.27. The Morgan fingerprint density at radius 2 is 2.24 bits per heavy atom. The minimum absolute atomic E-state index is 0.0503. The minimum atomic E-state index is -0.264. The van der Waals surface area contributed by atoms with E-state index in [0.717, 1.165) is 0 Å². The van der Waals surface area contributed by atoms with Gasteiger partial charge in [0.1, 0.15) is 11.6 Å². The molecule has 1 aromatic carbocycles. The van der Waals surface area contributed by atoms with Gasteiger partial charge < -0.3 is 21.4 Å². The van der Waals surface area contributed by atoms with Crippen LogP contribution in [0.5, 0.6) is 5.75 Å². The molecule has 0 aliphatic heterocycles. The Balaban J connectivity index is 2.35. The molecule has 0 bridgehead atoms. The average Bonchev–Trinajstić information content (AvgIpc) is 2.34. The molecule has 1 rings (SSSR count). The molecule has 6 nitrogen and oxygen atoms in total. The van der Waals surface area contributed by atoms with Crippen molar-refractivity contribution in [2.24, 2.45) is 10.9 Å². The molecule has 17 heavy (non-hydrogen) atoms. The molecular formula is C11H15N3O3. The molecule has 0 atom stereocenters. The van der Waals surface area contributed by atoms with Crippen LogP contribution >= 0.6 is 0 Å². The van der Waals surface area contributed by atoms with Crippen molar-refractivity contribution in [2.45, 2.75) is 12.8 Å². The highest BCUT2D eigenvalue weighted by Crippen LogP contribution is 2.10. The van der Waals surface area contributed by atoms with Gasteiger partial charge in [0.15, 0.2) is 0 Å². The van der Waals surface area contributed by atoms with E-state index in [1.807, 2.05) is 0 Å². The Bertz CT molecular complexity index is 418. The van der Waals surface area contributed by atoms with Gasteiger partial charge in [0, 0.05) is 18.5 Å². The van der Waals surface area contributed by atoms with Crippen LogP contribution in [0.4, 0.5) is 0 Å². The summed E-state index contributed by atoms with van der Waals surface area (Å²) in [6, 6.07) is 6.09. The van der Waals surface area contributed by atoms with Crippen LogP contribution in [0.2, 0.25) is 0 Å². The van der Waals surface area contributed by atoms with Crippen molar-refractivity contribution < 1.29 is 15.1 Å². The second kappa shape index (κ2) is 6.37. The van der Waals surface area contributed by atoms with Crippen LogP contribution in [0.1, 0.15) is 23.2 Å². The number of aromatic hydroxyl groups is 1. The van der Waals surface area contributed by atoms with Gasteiger partial charge in [-0.15, -0.1) is 0 Å². The Hall–Kier alpha value is -2.24. The van der Waals surface area contributed by atoms with E-state index in [0.29, 0.717) is 24.9 Å². The average molecular weight is 237 g/mol. The van der Waals surface area contributed by atoms with E-state index in [1.54, 1.807) is 12.1 Å². The highest BCUT2D eigenvalue weighted by atomic mass is 16.4. The second-order valence-electron chi connectivity index (χ2n) is 3.50. The van der Waals surface area contributed by atoms with Crippen molar-refractivity contribution >= 4 is 11.7 Å². The maximum Gasteiger partial charge on any atom is 0.251 e. The fraction of sp³-hybridized carbons (Fsp3) is 0.273. The van der Waals surface area contributed by atoms with Gasteiger partial charge in [-0.1, -0.05) is 11.2 Å². The van der Waals surface area contributed by atoms with Crippen LogP contribution in [0.25, 0.3) is 0 Å². The van der Waals surface area contributed by atoms with Gasteiger partial charge in [-0.05, 0) is 24.6 Å². The highest BCUT2D eigenvalue weighted by Gasteiger charge is 2.05. The lowest BCUT2D eigenvalue weighted by molar-refractivity contribution is 0.0953. The zero-order valence-electron chi connectivity index (χ0n) is 9.26. The summed E-state index contributed by atoms with van der Waals surface area (Å²) in [6.45, 7) is 0.421. The molecule has 0 radical (unpaired) electrons. The quantitative estimate of drug-likeness (QED) is 0.198. The number of phenolic OH excluding ortho intramolecular Hbond substituents is 1. The normalized spacial score (nSPS) is 11.2. The van der Waals surface area contributed by atoms with Crippen LogP contribution in [0.15, 0.2) is 29.4 Å². The van der Waals surface area contributed by atoms with Crippen LogP contribution in [-0.2, 0) is 0 Å². The van der Waals surface area contributed by atoms with E-state index in [1.165, 1.54) is 12.1 Å². The number of benzene rings is 1. The van der Waals surface area contributed by atoms with Gasteiger partial charge in [-0.25, -0.2) is 0 Å². The van der Waals surface area contributed by atoms with E-state index < -0.39 is 0 Å². The molecule has 0 saturated heterocycles. The first kappa shape index (κ1) is 12.8. The topological polar surface area (TPSA) is 108 Å². The number of oxime groups is 1. The third-order valence-electron chi connectivity index (χ3n) is 2.13. The number of rotatable bonds is 5. The van der Waals surface area contributed by atoms with Crippen molar-refractivity contribution in [1.29, 1.82) is 0 Å². The van der Waals surface area contributed by atoms with Gasteiger partial charge in [-0.3, -0.25) is 4.79 Å². The van der Waals surface area contributed by atoms with Crippen LogP contribution in [0.3, 0.4) is 0 Å². The molecule has 6 heteroatoms. The number of nitrogens with zero attached hydrogens (tertiary/aromatic N) is 1. The third-order valence-corrected chi connectivity index (χ3v) is 2.13. The smallest absolute Gasteiger partial charge is 0.251 e. The van der Waals surface area contributed by atoms with Crippen LogP contribution in [0, 0.1) is 0 Å². The first-order valence-corrected chi connectivity index (χ1v) is 5.17. The Morgan fingerprint density at radius 1 is 1.47 bits per heavy atom. The summed E-state index contributed by atoms with van der Waals surface area (Å²) < 4.78 is 0. The van der Waals surface area contributed by atoms with Crippen molar-refractivity contribution in [3.63, 3.8) is 0 Å². The fourth-order valence-electron chi connectivity index (χ4n) is 1.27. The molecular weight excluding hydrogens is 222 g/mol. The maximum atomic E-state index is 11.6. The van der Waals surface area contributed by atoms with Gasteiger partial charge in [-0.2, -0.15) is 0 Å². The summed E-state index contributed by atoms with van der Waals surface area (Å²) in [5.41, 5.74) is 5.67. The molecule has 92 valence electrons. The van der Waals surface area contributed by atoms with E-state index >= 15 is 0 Å². The number of nitrogens with two attached hydrogens (primary N) is 1. The molecule has 0 heterocycles. The summed E-state index contributed by atoms with van der Waals surface area (Å²) in [6.07, 6.45) is 0.997. The number of nitrogens with one attached hydrogen (secondary N) is 1. The standard InChI is InChI=1S/C11H15N3O3/c12-10(14-17)5-2-6-13-11(16)8-3-1-4-9(15)7-8/h1,3-4,7,15,17H,2,5-6H2,(H2,12,14)(H,13,16). The summed E-state index contributed by atoms with van der Waals surface area (Å²) in [5, 5.41) is 23.0. The number of carbonyl (C=O) groups is 1. The first-order chi connectivity index (χ1) is 8.13. The molecule has 0 fully saturated rings. The molecule has 0 spiro atoms. The predicted molar refractivity (Wildman–Crippen MR) is 63.1 cm³/mol. The number of amides is 1. The number of carbonyl (C=O) groups excluding carboxylic acids is 1. The van der Waals surface area contributed by atoms with E-state index in [4.69, 9.17) is 10.9 Å². The van der Waals surface area contributed by atoms with Crippen molar-refractivity contribution in [1.82, 2.24) is 5.32 Å². The number of phenols is 1. The van der Waals surface area contributed by atoms with E-state index in [-0.39, 0.29) is 17.5 Å². The zero-order chi connectivity index (χ0) is 12.7. The largest absolute Gasteiger partial charge is 0.508 e. The number of amidine groups is 1. The molecule has 0 aliphatic carbocycles. The molecule has 0 aliphatic rings. The summed E-state index contributed by atoms with van der Waals surface area (Å²) >= 11 is 0. The number of hydrogen-bond donors (Lipinski definition) is 4. The molecule has 5 N–H and O–H groups in total. The SMILES string of the molecule is NC(CCCNC(=O)c1cccc(O)c1)=NO. The first-order valence-electron chi connectivity index (χ1n) is 5.17. The Labute approximate surface area is 98.7 Å². The Morgan fingerprint density at radius 3 is 2.88 bits per heavy atom. The molecule has 0 aromatic heterocycles. The van der Waals surface area contributed by atoms with E-state index in [2.05, 4.69) is 10.5 Å². The molecule has 0 unspecified atom stereocenters. The van der Waals surface area contributed by atoms with Crippen LogP contribution in [-0.4, -0.2) is 28.6 Å². The Kier molecular flexibility index (Phi) is 4.80. The second-order valence-corrected chi connectivity index (χ2v) is 3.50. The molecule has 1 aromatic rings. The van der Waals surface area contributed by atoms with Gasteiger partial charge >= 0.3 is 0 Å². The minimum Gasteiger partial charge on any atom is -0.508 e. The lowest BCUT2D eigenvalue weighted by Crippen LogP contribution is -2.25. The van der Waals surface area contributed by atoms with Gasteiger partial charge in [0.25, 0.3) is 5.91 Å². The third kappa shape index (κ3) is 4.42. The maximum absolute atomic E-state index is 11.6. The van der Waals surface area contributed by atoms with Crippen LogP contribution < -0.4 is 11.1 Å². The summed E-state index contributed by atoms with van der Waals surface area (Å²) in [5.74, 6) is -0.0775. The summed E-state index contributed by atoms with van der Waals surface area (Å²) in [7, 11) is 0.